The van der Waals surface area contributed by atoms with E-state index in [0.717, 1.165) is 41.3 Å². The van der Waals surface area contributed by atoms with Gasteiger partial charge in [-0.05, 0) is 36.8 Å². The lowest BCUT2D eigenvalue weighted by molar-refractivity contribution is 0.840. The van der Waals surface area contributed by atoms with Gasteiger partial charge < -0.3 is 9.88 Å². The Morgan fingerprint density at radius 3 is 2.68 bits per heavy atom. The standard InChI is InChI=1S/C17H18N4S/c1-12-19-15-4-2-13(10-16(15)20-12)14-3-5-17(18-11-14)21-6-8-22-9-7-21/h2-5,10-11H,6-9H2,1H3,(H,19,20). The van der Waals surface area contributed by atoms with Crippen molar-refractivity contribution in [2.24, 2.45) is 0 Å². The minimum Gasteiger partial charge on any atom is -0.355 e. The van der Waals surface area contributed by atoms with Gasteiger partial charge in [-0.2, -0.15) is 11.8 Å². The van der Waals surface area contributed by atoms with Crippen LogP contribution in [0.4, 0.5) is 5.82 Å². The summed E-state index contributed by atoms with van der Waals surface area (Å²) in [6, 6.07) is 10.6. The van der Waals surface area contributed by atoms with E-state index in [1.807, 2.05) is 24.9 Å². The molecule has 2 aromatic heterocycles. The number of nitrogens with zero attached hydrogens (tertiary/aromatic N) is 3. The van der Waals surface area contributed by atoms with E-state index in [-0.39, 0.29) is 0 Å². The van der Waals surface area contributed by atoms with Gasteiger partial charge in [0.2, 0.25) is 0 Å². The zero-order valence-corrected chi connectivity index (χ0v) is 13.4. The van der Waals surface area contributed by atoms with Crippen LogP contribution in [0.5, 0.6) is 0 Å². The molecule has 1 aliphatic rings. The molecular weight excluding hydrogens is 292 g/mol. The average Bonchev–Trinajstić information content (AvgIpc) is 2.95. The molecule has 3 aromatic rings. The summed E-state index contributed by atoms with van der Waals surface area (Å²) in [5, 5.41) is 0. The molecule has 0 atom stereocenters. The highest BCUT2D eigenvalue weighted by molar-refractivity contribution is 7.99. The van der Waals surface area contributed by atoms with Crippen LogP contribution < -0.4 is 4.90 Å². The molecule has 0 bridgehead atoms. The zero-order valence-electron chi connectivity index (χ0n) is 12.5. The Bertz CT molecular complexity index is 788. The summed E-state index contributed by atoms with van der Waals surface area (Å²) < 4.78 is 0. The predicted molar refractivity (Wildman–Crippen MR) is 93.6 cm³/mol. The largest absolute Gasteiger partial charge is 0.355 e. The summed E-state index contributed by atoms with van der Waals surface area (Å²) >= 11 is 2.02. The second kappa shape index (κ2) is 5.65. The molecule has 4 nitrogen and oxygen atoms in total. The van der Waals surface area contributed by atoms with Crippen molar-refractivity contribution in [1.82, 2.24) is 15.0 Å². The number of aromatic amines is 1. The normalized spacial score (nSPS) is 15.4. The SMILES string of the molecule is Cc1nc2ccc(-c3ccc(N4CCSCC4)nc3)cc2[nH]1. The Kier molecular flexibility index (Phi) is 3.50. The number of benzene rings is 1. The number of anilines is 1. The van der Waals surface area contributed by atoms with Crippen molar-refractivity contribution in [2.75, 3.05) is 29.5 Å². The Balaban J connectivity index is 1.63. The van der Waals surface area contributed by atoms with Crippen molar-refractivity contribution in [1.29, 1.82) is 0 Å². The molecule has 1 aromatic carbocycles. The third-order valence-electron chi connectivity index (χ3n) is 4.02. The highest BCUT2D eigenvalue weighted by Gasteiger charge is 2.12. The van der Waals surface area contributed by atoms with E-state index in [2.05, 4.69) is 50.2 Å². The van der Waals surface area contributed by atoms with E-state index >= 15 is 0 Å². The van der Waals surface area contributed by atoms with Crippen LogP contribution in [0.1, 0.15) is 5.82 Å². The highest BCUT2D eigenvalue weighted by atomic mass is 32.2. The van der Waals surface area contributed by atoms with E-state index in [1.54, 1.807) is 0 Å². The fourth-order valence-corrected chi connectivity index (χ4v) is 3.76. The van der Waals surface area contributed by atoms with E-state index in [1.165, 1.54) is 17.1 Å². The quantitative estimate of drug-likeness (QED) is 0.787. The van der Waals surface area contributed by atoms with Crippen LogP contribution in [0.3, 0.4) is 0 Å². The predicted octanol–water partition coefficient (Wildman–Crippen LogP) is 3.49. The molecule has 22 heavy (non-hydrogen) atoms. The summed E-state index contributed by atoms with van der Waals surface area (Å²) in [6.45, 7) is 4.17. The van der Waals surface area contributed by atoms with Crippen LogP contribution in [0.15, 0.2) is 36.5 Å². The first kappa shape index (κ1) is 13.6. The van der Waals surface area contributed by atoms with Crippen LogP contribution in [0.2, 0.25) is 0 Å². The summed E-state index contributed by atoms with van der Waals surface area (Å²) in [5.74, 6) is 4.42. The number of aromatic nitrogens is 3. The first-order chi connectivity index (χ1) is 10.8. The topological polar surface area (TPSA) is 44.8 Å². The average molecular weight is 310 g/mol. The molecule has 0 unspecified atom stereocenters. The van der Waals surface area contributed by atoms with Crippen LogP contribution in [-0.4, -0.2) is 39.5 Å². The number of fused-ring (bicyclic) bond motifs is 1. The van der Waals surface area contributed by atoms with E-state index in [4.69, 9.17) is 0 Å². The van der Waals surface area contributed by atoms with Gasteiger partial charge >= 0.3 is 0 Å². The molecule has 1 N–H and O–H groups in total. The second-order valence-corrected chi connectivity index (χ2v) is 6.78. The fraction of sp³-hybridized carbons (Fsp3) is 0.294. The van der Waals surface area contributed by atoms with Crippen molar-refractivity contribution >= 4 is 28.6 Å². The van der Waals surface area contributed by atoms with E-state index in [0.29, 0.717) is 0 Å². The van der Waals surface area contributed by atoms with Crippen LogP contribution in [0.25, 0.3) is 22.2 Å². The number of rotatable bonds is 2. The van der Waals surface area contributed by atoms with Crippen molar-refractivity contribution in [3.05, 3.63) is 42.4 Å². The fourth-order valence-electron chi connectivity index (χ4n) is 2.85. The first-order valence-electron chi connectivity index (χ1n) is 7.55. The number of thioether (sulfide) groups is 1. The molecule has 0 radical (unpaired) electrons. The molecule has 112 valence electrons. The first-order valence-corrected chi connectivity index (χ1v) is 8.70. The molecule has 0 amide bonds. The van der Waals surface area contributed by atoms with Crippen LogP contribution in [-0.2, 0) is 0 Å². The van der Waals surface area contributed by atoms with Gasteiger partial charge in [-0.15, -0.1) is 0 Å². The number of hydrogen-bond donors (Lipinski definition) is 1. The number of aryl methyl sites for hydroxylation is 1. The zero-order chi connectivity index (χ0) is 14.9. The van der Waals surface area contributed by atoms with Gasteiger partial charge in [-0.1, -0.05) is 6.07 Å². The minimum absolute atomic E-state index is 0.948. The van der Waals surface area contributed by atoms with Gasteiger partial charge in [0.25, 0.3) is 0 Å². The molecule has 5 heteroatoms. The monoisotopic (exact) mass is 310 g/mol. The lowest BCUT2D eigenvalue weighted by atomic mass is 10.1. The maximum absolute atomic E-state index is 4.65. The van der Waals surface area contributed by atoms with E-state index in [9.17, 15) is 0 Å². The van der Waals surface area contributed by atoms with E-state index < -0.39 is 0 Å². The van der Waals surface area contributed by atoms with Gasteiger partial charge in [0.15, 0.2) is 0 Å². The Morgan fingerprint density at radius 1 is 1.09 bits per heavy atom. The molecular formula is C17H18N4S. The van der Waals surface area contributed by atoms with Crippen molar-refractivity contribution in [3.63, 3.8) is 0 Å². The smallest absolute Gasteiger partial charge is 0.128 e. The number of pyridine rings is 1. The molecule has 0 spiro atoms. The van der Waals surface area contributed by atoms with Gasteiger partial charge in [0.05, 0.1) is 11.0 Å². The maximum Gasteiger partial charge on any atom is 0.128 e. The number of imidazole rings is 1. The molecule has 1 fully saturated rings. The lowest BCUT2D eigenvalue weighted by Crippen LogP contribution is -2.32. The third kappa shape index (κ3) is 2.57. The maximum atomic E-state index is 4.65. The van der Waals surface area contributed by atoms with Gasteiger partial charge in [-0.25, -0.2) is 9.97 Å². The molecule has 0 saturated carbocycles. The van der Waals surface area contributed by atoms with Crippen molar-refractivity contribution in [2.45, 2.75) is 6.92 Å². The molecule has 1 saturated heterocycles. The summed E-state index contributed by atoms with van der Waals surface area (Å²) in [6.07, 6.45) is 1.97. The Hall–Kier alpha value is -2.01. The molecule has 1 aliphatic heterocycles. The lowest BCUT2D eigenvalue weighted by Gasteiger charge is -2.27. The number of H-pyrrole nitrogens is 1. The van der Waals surface area contributed by atoms with Gasteiger partial charge in [0, 0.05) is 36.4 Å². The number of hydrogen-bond acceptors (Lipinski definition) is 4. The minimum atomic E-state index is 0.948. The molecule has 3 heterocycles. The summed E-state index contributed by atoms with van der Waals surface area (Å²) in [5.41, 5.74) is 4.40. The summed E-state index contributed by atoms with van der Waals surface area (Å²) in [7, 11) is 0. The Morgan fingerprint density at radius 2 is 1.91 bits per heavy atom. The van der Waals surface area contributed by atoms with Crippen LogP contribution in [0, 0.1) is 6.92 Å². The second-order valence-electron chi connectivity index (χ2n) is 5.56. The molecule has 4 rings (SSSR count). The molecule has 0 aliphatic carbocycles. The van der Waals surface area contributed by atoms with Gasteiger partial charge in [0.1, 0.15) is 11.6 Å². The van der Waals surface area contributed by atoms with Crippen molar-refractivity contribution in [3.8, 4) is 11.1 Å². The van der Waals surface area contributed by atoms with Crippen LogP contribution >= 0.6 is 11.8 Å². The summed E-state index contributed by atoms with van der Waals surface area (Å²) in [4.78, 5) is 14.8. The Labute approximate surface area is 134 Å². The number of nitrogens with one attached hydrogen (secondary N) is 1. The third-order valence-corrected chi connectivity index (χ3v) is 4.96. The van der Waals surface area contributed by atoms with Crippen molar-refractivity contribution < 1.29 is 0 Å². The van der Waals surface area contributed by atoms with Gasteiger partial charge in [-0.3, -0.25) is 0 Å². The highest BCUT2D eigenvalue weighted by Crippen LogP contribution is 2.25.